The number of nitrogens with zero attached hydrogens (tertiary/aromatic N) is 2. The van der Waals surface area contributed by atoms with E-state index in [2.05, 4.69) is 21.4 Å². The van der Waals surface area contributed by atoms with Crippen molar-refractivity contribution in [1.82, 2.24) is 9.97 Å². The number of hydrogen-bond acceptors (Lipinski definition) is 4. The van der Waals surface area contributed by atoms with E-state index in [0.717, 1.165) is 33.3 Å². The molecule has 1 amide bonds. The lowest BCUT2D eigenvalue weighted by molar-refractivity contribution is -0.122. The Hall–Kier alpha value is -3.73. The number of nitrogens with one attached hydrogen (secondary N) is 1. The molecule has 4 aromatic rings. The van der Waals surface area contributed by atoms with Crippen LogP contribution in [0.2, 0.25) is 0 Å². The molecule has 1 aliphatic rings. The van der Waals surface area contributed by atoms with E-state index in [1.54, 1.807) is 18.5 Å². The predicted molar refractivity (Wildman–Crippen MR) is 108 cm³/mol. The van der Waals surface area contributed by atoms with Gasteiger partial charge in [-0.2, -0.15) is 0 Å². The number of carbonyl (C=O) groups excluding carboxylic acids is 1. The first-order chi connectivity index (χ1) is 13.8. The first kappa shape index (κ1) is 16.4. The van der Waals surface area contributed by atoms with Crippen molar-refractivity contribution in [2.75, 3.05) is 5.32 Å². The Kier molecular flexibility index (Phi) is 3.98. The molecule has 0 saturated carbocycles. The molecule has 0 saturated heterocycles. The fourth-order valence-electron chi connectivity index (χ4n) is 3.51. The minimum Gasteiger partial charge on any atom is -0.479 e. The van der Waals surface area contributed by atoms with Crippen molar-refractivity contribution >= 4 is 22.5 Å². The van der Waals surface area contributed by atoms with E-state index in [1.807, 2.05) is 54.6 Å². The van der Waals surface area contributed by atoms with E-state index < -0.39 is 6.10 Å². The number of carbonyl (C=O) groups is 1. The van der Waals surface area contributed by atoms with Crippen molar-refractivity contribution in [2.24, 2.45) is 0 Å². The van der Waals surface area contributed by atoms with Gasteiger partial charge >= 0.3 is 0 Å². The molecule has 1 N–H and O–H groups in total. The van der Waals surface area contributed by atoms with Gasteiger partial charge in [0.05, 0.1) is 5.69 Å². The molecule has 0 spiro atoms. The normalized spacial score (nSPS) is 15.1. The molecule has 5 nitrogen and oxygen atoms in total. The topological polar surface area (TPSA) is 64.1 Å². The average Bonchev–Trinajstić information content (AvgIpc) is 3.20. The zero-order valence-corrected chi connectivity index (χ0v) is 15.0. The predicted octanol–water partition coefficient (Wildman–Crippen LogP) is 4.24. The van der Waals surface area contributed by atoms with Crippen LogP contribution in [0, 0.1) is 0 Å². The summed E-state index contributed by atoms with van der Waals surface area (Å²) in [6.07, 6.45) is 3.43. The van der Waals surface area contributed by atoms with Crippen LogP contribution in [0.4, 0.5) is 5.82 Å². The third-order valence-corrected chi connectivity index (χ3v) is 4.90. The molecule has 0 bridgehead atoms. The number of benzene rings is 2. The maximum absolute atomic E-state index is 12.8. The maximum atomic E-state index is 12.8. The van der Waals surface area contributed by atoms with Gasteiger partial charge in [-0.1, -0.05) is 42.5 Å². The van der Waals surface area contributed by atoms with Crippen molar-refractivity contribution in [2.45, 2.75) is 12.5 Å². The lowest BCUT2D eigenvalue weighted by atomic mass is 10.0. The summed E-state index contributed by atoms with van der Waals surface area (Å²) in [6.45, 7) is 0. The van der Waals surface area contributed by atoms with Crippen molar-refractivity contribution in [3.8, 4) is 17.0 Å². The second-order valence-corrected chi connectivity index (χ2v) is 6.72. The SMILES string of the molecule is O=C(Nc1cccc(-c2ccncc2)n1)C1Cc2ccc3ccccc3c2O1. The van der Waals surface area contributed by atoms with Crippen LogP contribution in [0.25, 0.3) is 22.0 Å². The molecule has 0 radical (unpaired) electrons. The molecular formula is C23H17N3O2. The quantitative estimate of drug-likeness (QED) is 0.588. The van der Waals surface area contributed by atoms with Crippen LogP contribution in [-0.2, 0) is 11.2 Å². The number of anilines is 1. The molecule has 2 aromatic carbocycles. The van der Waals surface area contributed by atoms with Gasteiger partial charge in [0, 0.05) is 29.8 Å². The molecule has 5 heteroatoms. The van der Waals surface area contributed by atoms with Gasteiger partial charge in [0.1, 0.15) is 11.6 Å². The van der Waals surface area contributed by atoms with Gasteiger partial charge in [0.25, 0.3) is 5.91 Å². The largest absolute Gasteiger partial charge is 0.479 e. The number of pyridine rings is 2. The van der Waals surface area contributed by atoms with E-state index in [0.29, 0.717) is 12.2 Å². The number of amides is 1. The summed E-state index contributed by atoms with van der Waals surface area (Å²) in [5.74, 6) is 1.11. The molecule has 0 aliphatic carbocycles. The lowest BCUT2D eigenvalue weighted by Crippen LogP contribution is -2.31. The Labute approximate surface area is 162 Å². The molecule has 1 unspecified atom stereocenters. The summed E-state index contributed by atoms with van der Waals surface area (Å²) in [5, 5.41) is 5.03. The van der Waals surface area contributed by atoms with Crippen LogP contribution in [-0.4, -0.2) is 22.0 Å². The molecule has 1 atom stereocenters. The van der Waals surface area contributed by atoms with E-state index in [4.69, 9.17) is 4.74 Å². The van der Waals surface area contributed by atoms with Gasteiger partial charge in [0.15, 0.2) is 6.10 Å². The van der Waals surface area contributed by atoms with Gasteiger partial charge in [-0.05, 0) is 35.2 Å². The standard InChI is InChI=1S/C23H17N3O2/c27-23(26-21-7-3-6-19(25-21)16-10-12-24-13-11-16)20-14-17-9-8-15-4-1-2-5-18(15)22(17)28-20/h1-13,20H,14H2,(H,25,26,27). The highest BCUT2D eigenvalue weighted by Crippen LogP contribution is 2.36. The zero-order valence-electron chi connectivity index (χ0n) is 15.0. The smallest absolute Gasteiger partial charge is 0.266 e. The maximum Gasteiger partial charge on any atom is 0.266 e. The molecule has 3 heterocycles. The van der Waals surface area contributed by atoms with Gasteiger partial charge in [-0.3, -0.25) is 9.78 Å². The highest BCUT2D eigenvalue weighted by molar-refractivity contribution is 5.97. The van der Waals surface area contributed by atoms with Crippen LogP contribution in [0.5, 0.6) is 5.75 Å². The van der Waals surface area contributed by atoms with Crippen LogP contribution in [0.15, 0.2) is 79.1 Å². The molecular weight excluding hydrogens is 350 g/mol. The molecule has 5 rings (SSSR count). The van der Waals surface area contributed by atoms with Crippen LogP contribution in [0.1, 0.15) is 5.56 Å². The number of hydrogen-bond donors (Lipinski definition) is 1. The van der Waals surface area contributed by atoms with Gasteiger partial charge in [-0.25, -0.2) is 4.98 Å². The van der Waals surface area contributed by atoms with Gasteiger partial charge < -0.3 is 10.1 Å². The summed E-state index contributed by atoms with van der Waals surface area (Å²) < 4.78 is 6.02. The number of rotatable bonds is 3. The first-order valence-corrected chi connectivity index (χ1v) is 9.13. The van der Waals surface area contributed by atoms with Crippen molar-refractivity contribution in [1.29, 1.82) is 0 Å². The van der Waals surface area contributed by atoms with Gasteiger partial charge in [-0.15, -0.1) is 0 Å². The Morgan fingerprint density at radius 3 is 2.71 bits per heavy atom. The number of aromatic nitrogens is 2. The summed E-state index contributed by atoms with van der Waals surface area (Å²) in [6, 6.07) is 21.5. The highest BCUT2D eigenvalue weighted by atomic mass is 16.5. The third-order valence-electron chi connectivity index (χ3n) is 4.90. The van der Waals surface area contributed by atoms with E-state index in [9.17, 15) is 4.79 Å². The second-order valence-electron chi connectivity index (χ2n) is 6.72. The molecule has 136 valence electrons. The van der Waals surface area contributed by atoms with Gasteiger partial charge in [0.2, 0.25) is 0 Å². The number of fused-ring (bicyclic) bond motifs is 3. The Bertz CT molecular complexity index is 1170. The van der Waals surface area contributed by atoms with Crippen LogP contribution >= 0.6 is 0 Å². The van der Waals surface area contributed by atoms with E-state index in [-0.39, 0.29) is 5.91 Å². The number of ether oxygens (including phenoxy) is 1. The Morgan fingerprint density at radius 2 is 1.82 bits per heavy atom. The van der Waals surface area contributed by atoms with E-state index in [1.165, 1.54) is 0 Å². The summed E-state index contributed by atoms with van der Waals surface area (Å²) in [4.78, 5) is 21.3. The molecule has 1 aliphatic heterocycles. The molecule has 28 heavy (non-hydrogen) atoms. The Balaban J connectivity index is 1.36. The third kappa shape index (κ3) is 2.97. The molecule has 2 aromatic heterocycles. The summed E-state index contributed by atoms with van der Waals surface area (Å²) in [5.41, 5.74) is 2.78. The monoisotopic (exact) mass is 367 g/mol. The van der Waals surface area contributed by atoms with E-state index >= 15 is 0 Å². The fraction of sp³-hybridized carbons (Fsp3) is 0.0870. The van der Waals surface area contributed by atoms with Crippen LogP contribution in [0.3, 0.4) is 0 Å². The second kappa shape index (κ2) is 6.78. The Morgan fingerprint density at radius 1 is 0.964 bits per heavy atom. The van der Waals surface area contributed by atoms with Crippen LogP contribution < -0.4 is 10.1 Å². The fourth-order valence-corrected chi connectivity index (χ4v) is 3.51. The lowest BCUT2D eigenvalue weighted by Gasteiger charge is -2.12. The average molecular weight is 367 g/mol. The zero-order chi connectivity index (χ0) is 18.9. The highest BCUT2D eigenvalue weighted by Gasteiger charge is 2.30. The minimum absolute atomic E-state index is 0.195. The van der Waals surface area contributed by atoms with Crippen molar-refractivity contribution in [3.05, 3.63) is 84.7 Å². The summed E-state index contributed by atoms with van der Waals surface area (Å²) in [7, 11) is 0. The van der Waals surface area contributed by atoms with Crippen molar-refractivity contribution in [3.63, 3.8) is 0 Å². The van der Waals surface area contributed by atoms with Crippen molar-refractivity contribution < 1.29 is 9.53 Å². The summed E-state index contributed by atoms with van der Waals surface area (Å²) >= 11 is 0. The first-order valence-electron chi connectivity index (χ1n) is 9.13. The minimum atomic E-state index is -0.563. The molecule has 0 fully saturated rings.